The Morgan fingerprint density at radius 2 is 2.20 bits per heavy atom. The van der Waals surface area contributed by atoms with E-state index in [2.05, 4.69) is 21.2 Å². The number of halogens is 1. The van der Waals surface area contributed by atoms with Crippen molar-refractivity contribution in [1.29, 1.82) is 0 Å². The van der Waals surface area contributed by atoms with Gasteiger partial charge in [-0.15, -0.1) is 11.3 Å². The number of thiophene rings is 1. The Balaban J connectivity index is 2.50. The van der Waals surface area contributed by atoms with E-state index < -0.39 is 0 Å². The molecule has 1 aromatic heterocycles. The molecule has 0 radical (unpaired) electrons. The largest absolute Gasteiger partial charge is 0.486 e. The van der Waals surface area contributed by atoms with Crippen LogP contribution in [0, 0.1) is 0 Å². The van der Waals surface area contributed by atoms with Crippen molar-refractivity contribution in [2.24, 2.45) is 0 Å². The van der Waals surface area contributed by atoms with Gasteiger partial charge in [-0.05, 0) is 22.0 Å². The van der Waals surface area contributed by atoms with E-state index in [-0.39, 0.29) is 19.3 Å². The van der Waals surface area contributed by atoms with Crippen LogP contribution in [0.3, 0.4) is 0 Å². The van der Waals surface area contributed by atoms with Gasteiger partial charge in [0.1, 0.15) is 0 Å². The summed E-state index contributed by atoms with van der Waals surface area (Å²) >= 11 is 4.90. The van der Waals surface area contributed by atoms with Crippen LogP contribution in [-0.4, -0.2) is 36.6 Å². The van der Waals surface area contributed by atoms with Gasteiger partial charge in [0.15, 0.2) is 5.06 Å². The third-order valence-electron chi connectivity index (χ3n) is 1.90. The first kappa shape index (κ1) is 12.9. The summed E-state index contributed by atoms with van der Waals surface area (Å²) in [7, 11) is 1.62. The van der Waals surface area contributed by atoms with Crippen LogP contribution in [0.15, 0.2) is 10.5 Å². The molecule has 6 heteroatoms. The van der Waals surface area contributed by atoms with Crippen molar-refractivity contribution in [3.05, 3.63) is 15.4 Å². The van der Waals surface area contributed by atoms with Crippen molar-refractivity contribution < 1.29 is 14.9 Å². The number of aliphatic hydroxyl groups excluding tert-OH is 2. The van der Waals surface area contributed by atoms with E-state index in [9.17, 15) is 0 Å². The highest BCUT2D eigenvalue weighted by molar-refractivity contribution is 9.10. The van der Waals surface area contributed by atoms with E-state index in [1.165, 1.54) is 11.3 Å². The van der Waals surface area contributed by atoms with Crippen molar-refractivity contribution in [1.82, 2.24) is 5.32 Å². The first-order chi connectivity index (χ1) is 7.21. The van der Waals surface area contributed by atoms with Crippen molar-refractivity contribution in [3.63, 3.8) is 0 Å². The summed E-state index contributed by atoms with van der Waals surface area (Å²) in [5, 5.41) is 21.6. The van der Waals surface area contributed by atoms with Crippen LogP contribution in [0.1, 0.15) is 4.88 Å². The third-order valence-corrected chi connectivity index (χ3v) is 3.85. The first-order valence-electron chi connectivity index (χ1n) is 4.48. The molecular weight excluding hydrogens is 282 g/mol. The van der Waals surface area contributed by atoms with Crippen molar-refractivity contribution >= 4 is 27.3 Å². The van der Waals surface area contributed by atoms with E-state index in [0.717, 1.165) is 14.4 Å². The van der Waals surface area contributed by atoms with Crippen LogP contribution < -0.4 is 10.1 Å². The second kappa shape index (κ2) is 6.44. The van der Waals surface area contributed by atoms with E-state index in [1.54, 1.807) is 7.11 Å². The maximum atomic E-state index is 8.86. The zero-order valence-electron chi connectivity index (χ0n) is 8.36. The molecule has 0 amide bonds. The molecule has 0 saturated carbocycles. The molecular formula is C9H14BrNO3S. The smallest absolute Gasteiger partial charge is 0.188 e. The average Bonchev–Trinajstić information content (AvgIpc) is 2.60. The second-order valence-electron chi connectivity index (χ2n) is 3.00. The van der Waals surface area contributed by atoms with Gasteiger partial charge in [-0.2, -0.15) is 0 Å². The molecule has 0 unspecified atom stereocenters. The predicted molar refractivity (Wildman–Crippen MR) is 63.4 cm³/mol. The Labute approximate surface area is 101 Å². The monoisotopic (exact) mass is 295 g/mol. The quantitative estimate of drug-likeness (QED) is 0.732. The predicted octanol–water partition coefficient (Wildman–Crippen LogP) is 0.962. The van der Waals surface area contributed by atoms with Gasteiger partial charge >= 0.3 is 0 Å². The highest BCUT2D eigenvalue weighted by Gasteiger charge is 2.09. The molecule has 15 heavy (non-hydrogen) atoms. The van der Waals surface area contributed by atoms with Gasteiger partial charge in [-0.25, -0.2) is 0 Å². The van der Waals surface area contributed by atoms with Crippen molar-refractivity contribution in [2.75, 3.05) is 20.3 Å². The lowest BCUT2D eigenvalue weighted by molar-refractivity contribution is 0.170. The van der Waals surface area contributed by atoms with Crippen LogP contribution in [0.2, 0.25) is 0 Å². The molecule has 1 rings (SSSR count). The lowest BCUT2D eigenvalue weighted by atomic mass is 10.3. The summed E-state index contributed by atoms with van der Waals surface area (Å²) in [6.07, 6.45) is 0. The zero-order valence-corrected chi connectivity index (χ0v) is 10.8. The highest BCUT2D eigenvalue weighted by atomic mass is 79.9. The molecule has 3 N–H and O–H groups in total. The standard InChI is InChI=1S/C9H14BrNO3S/c1-14-9-8(10)2-7(15-9)3-11-6(4-12)5-13/h2,6,11-13H,3-5H2,1H3. The number of ether oxygens (including phenoxy) is 1. The first-order valence-corrected chi connectivity index (χ1v) is 6.09. The fraction of sp³-hybridized carbons (Fsp3) is 0.556. The summed E-state index contributed by atoms with van der Waals surface area (Å²) in [5.74, 6) is 0. The van der Waals surface area contributed by atoms with Gasteiger partial charge in [0.05, 0.1) is 30.8 Å². The third kappa shape index (κ3) is 3.73. The molecule has 1 aromatic rings. The maximum absolute atomic E-state index is 8.86. The fourth-order valence-electron chi connectivity index (χ4n) is 1.06. The summed E-state index contributed by atoms with van der Waals surface area (Å²) in [5.41, 5.74) is 0. The molecule has 1 heterocycles. The number of hydrogen-bond donors (Lipinski definition) is 3. The van der Waals surface area contributed by atoms with Crippen LogP contribution in [-0.2, 0) is 6.54 Å². The number of nitrogens with one attached hydrogen (secondary N) is 1. The summed E-state index contributed by atoms with van der Waals surface area (Å²) in [6, 6.07) is 1.69. The Bertz CT molecular complexity index is 302. The van der Waals surface area contributed by atoms with Crippen molar-refractivity contribution in [3.8, 4) is 5.06 Å². The minimum atomic E-state index is -0.267. The van der Waals surface area contributed by atoms with E-state index in [0.29, 0.717) is 6.54 Å². The highest BCUT2D eigenvalue weighted by Crippen LogP contribution is 2.34. The van der Waals surface area contributed by atoms with Crippen LogP contribution in [0.4, 0.5) is 0 Å². The number of rotatable bonds is 6. The minimum Gasteiger partial charge on any atom is -0.486 e. The Kier molecular flexibility index (Phi) is 5.55. The summed E-state index contributed by atoms with van der Waals surface area (Å²) in [4.78, 5) is 1.09. The van der Waals surface area contributed by atoms with Gasteiger partial charge in [-0.3, -0.25) is 0 Å². The lowest BCUT2D eigenvalue weighted by Gasteiger charge is -2.11. The second-order valence-corrected chi connectivity index (χ2v) is 4.95. The van der Waals surface area contributed by atoms with E-state index in [1.807, 2.05) is 6.07 Å². The zero-order chi connectivity index (χ0) is 11.3. The Hall–Kier alpha value is -0.140. The Morgan fingerprint density at radius 1 is 1.53 bits per heavy atom. The molecule has 0 aliphatic carbocycles. The summed E-state index contributed by atoms with van der Waals surface area (Å²) in [6.45, 7) is 0.471. The molecule has 0 aromatic carbocycles. The van der Waals surface area contributed by atoms with Gasteiger partial charge in [0, 0.05) is 11.4 Å². The number of hydrogen-bond acceptors (Lipinski definition) is 5. The molecule has 0 bridgehead atoms. The molecule has 0 aliphatic rings. The summed E-state index contributed by atoms with van der Waals surface area (Å²) < 4.78 is 6.06. The minimum absolute atomic E-state index is 0.0693. The molecule has 0 atom stereocenters. The van der Waals surface area contributed by atoms with Crippen molar-refractivity contribution in [2.45, 2.75) is 12.6 Å². The number of methoxy groups -OCH3 is 1. The van der Waals surface area contributed by atoms with Gasteiger partial charge in [0.25, 0.3) is 0 Å². The molecule has 0 spiro atoms. The SMILES string of the molecule is COc1sc(CNC(CO)CO)cc1Br. The Morgan fingerprint density at radius 3 is 2.67 bits per heavy atom. The maximum Gasteiger partial charge on any atom is 0.188 e. The van der Waals surface area contributed by atoms with Crippen LogP contribution in [0.5, 0.6) is 5.06 Å². The van der Waals surface area contributed by atoms with E-state index in [4.69, 9.17) is 14.9 Å². The topological polar surface area (TPSA) is 61.7 Å². The molecule has 0 fully saturated rings. The van der Waals surface area contributed by atoms with Gasteiger partial charge < -0.3 is 20.3 Å². The molecule has 0 aliphatic heterocycles. The normalized spacial score (nSPS) is 11.0. The molecule has 0 saturated heterocycles. The van der Waals surface area contributed by atoms with Gasteiger partial charge in [-0.1, -0.05) is 0 Å². The average molecular weight is 296 g/mol. The number of aliphatic hydroxyl groups is 2. The van der Waals surface area contributed by atoms with Crippen LogP contribution in [0.25, 0.3) is 0 Å². The lowest BCUT2D eigenvalue weighted by Crippen LogP contribution is -2.34. The van der Waals surface area contributed by atoms with Crippen LogP contribution >= 0.6 is 27.3 Å². The van der Waals surface area contributed by atoms with E-state index >= 15 is 0 Å². The molecule has 86 valence electrons. The molecule has 4 nitrogen and oxygen atoms in total. The van der Waals surface area contributed by atoms with Gasteiger partial charge in [0.2, 0.25) is 0 Å². The fourth-order valence-corrected chi connectivity index (χ4v) is 2.70.